The zero-order valence-corrected chi connectivity index (χ0v) is 20.4. The average Bonchev–Trinajstić information content (AvgIpc) is 3.57. The Morgan fingerprint density at radius 2 is 1.83 bits per heavy atom. The van der Waals surface area contributed by atoms with E-state index in [1.165, 1.54) is 17.7 Å². The van der Waals surface area contributed by atoms with Gasteiger partial charge in [-0.25, -0.2) is 15.0 Å². The van der Waals surface area contributed by atoms with Gasteiger partial charge in [-0.3, -0.25) is 4.79 Å². The molecule has 0 saturated heterocycles. The van der Waals surface area contributed by atoms with E-state index < -0.39 is 0 Å². The lowest BCUT2D eigenvalue weighted by atomic mass is 10.0. The lowest BCUT2D eigenvalue weighted by molar-refractivity contribution is 0.102. The molecule has 0 unspecified atom stereocenters. The molecule has 0 spiro atoms. The van der Waals surface area contributed by atoms with Crippen molar-refractivity contribution in [2.45, 2.75) is 25.8 Å². The highest BCUT2D eigenvalue weighted by Gasteiger charge is 2.24. The first-order chi connectivity index (χ1) is 17.1. The van der Waals surface area contributed by atoms with E-state index in [0.717, 1.165) is 51.1 Å². The number of nitrogens with one attached hydrogen (secondary N) is 3. The standard InChI is InChI=1S/C26H21ClN6OS/c1-14-2-9-19-18(10-11-28-24(19)31-16-5-3-15(27)4-6-16)21(14)33-26(34)20-12-35-23-22(20)29-13-30-25(23)32-17-7-8-17/h2-6,9-13,17H,7-8H2,1H3,(H,28,31)(H,33,34)(H,29,30,32). The van der Waals surface area contributed by atoms with E-state index in [4.69, 9.17) is 11.6 Å². The minimum absolute atomic E-state index is 0.202. The van der Waals surface area contributed by atoms with Gasteiger partial charge < -0.3 is 16.0 Å². The van der Waals surface area contributed by atoms with Crippen LogP contribution in [-0.4, -0.2) is 26.9 Å². The number of carbonyl (C=O) groups excluding carboxylic acids is 1. The summed E-state index contributed by atoms with van der Waals surface area (Å²) in [5.74, 6) is 1.30. The molecule has 3 aromatic heterocycles. The number of hydrogen-bond donors (Lipinski definition) is 3. The number of halogens is 1. The number of carbonyl (C=O) groups is 1. The number of pyridine rings is 1. The zero-order valence-electron chi connectivity index (χ0n) is 18.8. The van der Waals surface area contributed by atoms with Crippen molar-refractivity contribution >= 4 is 72.8 Å². The monoisotopic (exact) mass is 500 g/mol. The highest BCUT2D eigenvalue weighted by atomic mass is 35.5. The third kappa shape index (κ3) is 4.26. The number of benzene rings is 2. The quantitative estimate of drug-likeness (QED) is 0.238. The van der Waals surface area contributed by atoms with Crippen molar-refractivity contribution < 1.29 is 4.79 Å². The first-order valence-corrected chi connectivity index (χ1v) is 12.5. The van der Waals surface area contributed by atoms with Gasteiger partial charge in [-0.2, -0.15) is 0 Å². The maximum atomic E-state index is 13.4. The number of anilines is 4. The molecule has 1 saturated carbocycles. The van der Waals surface area contributed by atoms with Crippen molar-refractivity contribution in [3.05, 3.63) is 76.5 Å². The molecule has 0 bridgehead atoms. The number of thiophene rings is 1. The molecule has 7 nitrogen and oxygen atoms in total. The van der Waals surface area contributed by atoms with Gasteiger partial charge in [0.2, 0.25) is 0 Å². The van der Waals surface area contributed by atoms with Gasteiger partial charge in [-0.15, -0.1) is 11.3 Å². The summed E-state index contributed by atoms with van der Waals surface area (Å²) in [6, 6.07) is 13.8. The Morgan fingerprint density at radius 3 is 2.63 bits per heavy atom. The number of rotatable bonds is 6. The van der Waals surface area contributed by atoms with Crippen LogP contribution in [0.3, 0.4) is 0 Å². The van der Waals surface area contributed by atoms with Gasteiger partial charge in [0.15, 0.2) is 0 Å². The molecular weight excluding hydrogens is 480 g/mol. The van der Waals surface area contributed by atoms with Crippen LogP contribution in [0.2, 0.25) is 5.02 Å². The van der Waals surface area contributed by atoms with Crippen LogP contribution in [0.15, 0.2) is 60.4 Å². The lowest BCUT2D eigenvalue weighted by Gasteiger charge is -2.14. The van der Waals surface area contributed by atoms with Crippen LogP contribution in [0.4, 0.5) is 23.0 Å². The van der Waals surface area contributed by atoms with Crippen LogP contribution < -0.4 is 16.0 Å². The summed E-state index contributed by atoms with van der Waals surface area (Å²) in [7, 11) is 0. The Bertz CT molecular complexity index is 1580. The minimum Gasteiger partial charge on any atom is -0.366 e. The fourth-order valence-corrected chi connectivity index (χ4v) is 5.09. The van der Waals surface area contributed by atoms with E-state index >= 15 is 0 Å². The second-order valence-electron chi connectivity index (χ2n) is 8.57. The van der Waals surface area contributed by atoms with Crippen LogP contribution in [0, 0.1) is 6.92 Å². The van der Waals surface area contributed by atoms with E-state index in [1.54, 1.807) is 6.20 Å². The molecule has 3 N–H and O–H groups in total. The van der Waals surface area contributed by atoms with Crippen LogP contribution in [-0.2, 0) is 0 Å². The summed E-state index contributed by atoms with van der Waals surface area (Å²) < 4.78 is 0.901. The number of aromatic nitrogens is 3. The molecule has 1 fully saturated rings. The molecule has 35 heavy (non-hydrogen) atoms. The van der Waals surface area contributed by atoms with Gasteiger partial charge in [0, 0.05) is 39.1 Å². The fourth-order valence-electron chi connectivity index (χ4n) is 4.02. The van der Waals surface area contributed by atoms with Gasteiger partial charge >= 0.3 is 0 Å². The Kier molecular flexibility index (Phi) is 5.47. The second-order valence-corrected chi connectivity index (χ2v) is 9.88. The summed E-state index contributed by atoms with van der Waals surface area (Å²) >= 11 is 7.50. The largest absolute Gasteiger partial charge is 0.366 e. The highest BCUT2D eigenvalue weighted by molar-refractivity contribution is 7.18. The van der Waals surface area contributed by atoms with Crippen molar-refractivity contribution in [2.75, 3.05) is 16.0 Å². The second kappa shape index (κ2) is 8.79. The molecule has 2 aromatic carbocycles. The maximum absolute atomic E-state index is 13.4. The summed E-state index contributed by atoms with van der Waals surface area (Å²) in [6.07, 6.45) is 5.54. The van der Waals surface area contributed by atoms with Crippen molar-refractivity contribution in [1.82, 2.24) is 15.0 Å². The smallest absolute Gasteiger partial charge is 0.258 e. The van der Waals surface area contributed by atoms with E-state index in [0.29, 0.717) is 28.0 Å². The van der Waals surface area contributed by atoms with Crippen LogP contribution in [0.25, 0.3) is 21.0 Å². The van der Waals surface area contributed by atoms with Gasteiger partial charge in [-0.05, 0) is 55.7 Å². The summed E-state index contributed by atoms with van der Waals surface area (Å²) in [6.45, 7) is 1.98. The van der Waals surface area contributed by atoms with Gasteiger partial charge in [0.1, 0.15) is 18.0 Å². The maximum Gasteiger partial charge on any atom is 0.258 e. The third-order valence-corrected chi connectivity index (χ3v) is 7.24. The van der Waals surface area contributed by atoms with Crippen LogP contribution in [0.5, 0.6) is 0 Å². The normalized spacial score (nSPS) is 13.2. The summed E-state index contributed by atoms with van der Waals surface area (Å²) in [4.78, 5) is 26.7. The SMILES string of the molecule is Cc1ccc2c(Nc3ccc(Cl)cc3)nccc2c1NC(=O)c1csc2c(NC3CC3)ncnc12. The highest BCUT2D eigenvalue weighted by Crippen LogP contribution is 2.35. The van der Waals surface area contributed by atoms with Crippen LogP contribution in [0.1, 0.15) is 28.8 Å². The van der Waals surface area contributed by atoms with Crippen molar-refractivity contribution in [3.63, 3.8) is 0 Å². The minimum atomic E-state index is -0.202. The first kappa shape index (κ1) is 21.8. The number of fused-ring (bicyclic) bond motifs is 2. The Hall–Kier alpha value is -3.75. The molecule has 0 atom stereocenters. The summed E-state index contributed by atoms with van der Waals surface area (Å²) in [5.41, 5.74) is 3.78. The van der Waals surface area contributed by atoms with Crippen molar-refractivity contribution in [1.29, 1.82) is 0 Å². The van der Waals surface area contributed by atoms with E-state index in [2.05, 4.69) is 30.9 Å². The van der Waals surface area contributed by atoms with Crippen molar-refractivity contribution in [2.24, 2.45) is 0 Å². The Balaban J connectivity index is 1.34. The molecule has 0 aliphatic heterocycles. The van der Waals surface area contributed by atoms with Crippen LogP contribution >= 0.6 is 22.9 Å². The topological polar surface area (TPSA) is 91.8 Å². The molecule has 1 aliphatic rings. The molecule has 1 aliphatic carbocycles. The Morgan fingerprint density at radius 1 is 1.00 bits per heavy atom. The van der Waals surface area contributed by atoms with Gasteiger partial charge in [0.25, 0.3) is 5.91 Å². The van der Waals surface area contributed by atoms with E-state index in [1.807, 2.05) is 54.8 Å². The van der Waals surface area contributed by atoms with E-state index in [-0.39, 0.29) is 5.91 Å². The molecule has 174 valence electrons. The molecule has 3 heterocycles. The number of aryl methyl sites for hydroxylation is 1. The molecule has 5 aromatic rings. The zero-order chi connectivity index (χ0) is 23.9. The molecule has 1 amide bonds. The van der Waals surface area contributed by atoms with E-state index in [9.17, 15) is 4.79 Å². The van der Waals surface area contributed by atoms with Gasteiger partial charge in [-0.1, -0.05) is 23.7 Å². The first-order valence-electron chi connectivity index (χ1n) is 11.3. The predicted molar refractivity (Wildman–Crippen MR) is 143 cm³/mol. The molecule has 0 radical (unpaired) electrons. The Labute approximate surface area is 210 Å². The molecule has 9 heteroatoms. The fraction of sp³-hybridized carbons (Fsp3) is 0.154. The lowest BCUT2D eigenvalue weighted by Crippen LogP contribution is -2.13. The van der Waals surface area contributed by atoms with Gasteiger partial charge in [0.05, 0.1) is 21.5 Å². The third-order valence-electron chi connectivity index (χ3n) is 6.02. The number of amides is 1. The molecular formula is C26H21ClN6OS. The van der Waals surface area contributed by atoms with Crippen molar-refractivity contribution in [3.8, 4) is 0 Å². The average molecular weight is 501 g/mol. The predicted octanol–water partition coefficient (Wildman–Crippen LogP) is 6.77. The number of hydrogen-bond acceptors (Lipinski definition) is 7. The summed E-state index contributed by atoms with van der Waals surface area (Å²) in [5, 5.41) is 14.2. The molecule has 6 rings (SSSR count). The number of nitrogens with zero attached hydrogens (tertiary/aromatic N) is 3.